The second-order valence-corrected chi connectivity index (χ2v) is 7.53. The number of aryl methyl sites for hydroxylation is 1. The normalized spacial score (nSPS) is 13.1. The summed E-state index contributed by atoms with van der Waals surface area (Å²) in [4.78, 5) is 12.5. The number of thioether (sulfide) groups is 1. The molecule has 5 nitrogen and oxygen atoms in total. The highest BCUT2D eigenvalue weighted by molar-refractivity contribution is 8.00. The van der Waals surface area contributed by atoms with E-state index in [4.69, 9.17) is 0 Å². The number of ketones is 1. The first-order valence-corrected chi connectivity index (χ1v) is 8.29. The lowest BCUT2D eigenvalue weighted by Gasteiger charge is -2.20. The van der Waals surface area contributed by atoms with E-state index in [9.17, 15) is 4.79 Å². The van der Waals surface area contributed by atoms with E-state index >= 15 is 0 Å². The Hall–Kier alpha value is -1.69. The van der Waals surface area contributed by atoms with Crippen LogP contribution in [0.25, 0.3) is 0 Å². The number of rotatable bonds is 5. The standard InChI is InChI=1S/C16H22N4OS/c1-6-12-7-9-13(10-8-12)14(21)11(2)22-15-17-18-19-20(15)16(3,4)5/h7-11H,6H2,1-5H3/t11-/m0/s1. The summed E-state index contributed by atoms with van der Waals surface area (Å²) >= 11 is 1.39. The SMILES string of the molecule is CCc1ccc(C(=O)[C@H](C)Sc2nnnn2C(C)(C)C)cc1. The van der Waals surface area contributed by atoms with E-state index in [1.807, 2.05) is 52.0 Å². The highest BCUT2D eigenvalue weighted by Crippen LogP contribution is 2.27. The van der Waals surface area contributed by atoms with Crippen LogP contribution in [-0.2, 0) is 12.0 Å². The first kappa shape index (κ1) is 16.7. The number of benzene rings is 1. The zero-order chi connectivity index (χ0) is 16.3. The summed E-state index contributed by atoms with van der Waals surface area (Å²) in [7, 11) is 0. The molecule has 0 aliphatic rings. The number of carbonyl (C=O) groups is 1. The smallest absolute Gasteiger partial charge is 0.210 e. The van der Waals surface area contributed by atoms with Crippen LogP contribution in [0, 0.1) is 0 Å². The lowest BCUT2D eigenvalue weighted by molar-refractivity contribution is 0.0993. The van der Waals surface area contributed by atoms with Gasteiger partial charge in [0.05, 0.1) is 10.8 Å². The van der Waals surface area contributed by atoms with Gasteiger partial charge in [-0.05, 0) is 50.1 Å². The van der Waals surface area contributed by atoms with E-state index in [0.29, 0.717) is 5.16 Å². The van der Waals surface area contributed by atoms with E-state index in [0.717, 1.165) is 12.0 Å². The number of aromatic nitrogens is 4. The summed E-state index contributed by atoms with van der Waals surface area (Å²) in [6.45, 7) is 10.1. The number of carbonyl (C=O) groups excluding carboxylic acids is 1. The Bertz CT molecular complexity index is 643. The summed E-state index contributed by atoms with van der Waals surface area (Å²) in [6, 6.07) is 7.80. The Morgan fingerprint density at radius 3 is 2.45 bits per heavy atom. The third kappa shape index (κ3) is 3.74. The minimum absolute atomic E-state index is 0.0936. The van der Waals surface area contributed by atoms with Gasteiger partial charge < -0.3 is 0 Å². The second-order valence-electron chi connectivity index (χ2n) is 6.22. The average molecular weight is 318 g/mol. The van der Waals surface area contributed by atoms with E-state index in [1.165, 1.54) is 17.3 Å². The zero-order valence-electron chi connectivity index (χ0n) is 13.7. The lowest BCUT2D eigenvalue weighted by atomic mass is 10.1. The first-order valence-electron chi connectivity index (χ1n) is 7.41. The molecule has 0 unspecified atom stereocenters. The minimum Gasteiger partial charge on any atom is -0.293 e. The minimum atomic E-state index is -0.237. The molecule has 0 aliphatic heterocycles. The van der Waals surface area contributed by atoms with Gasteiger partial charge in [0.25, 0.3) is 0 Å². The fraction of sp³-hybridized carbons (Fsp3) is 0.500. The largest absolute Gasteiger partial charge is 0.293 e. The van der Waals surface area contributed by atoms with Crippen molar-refractivity contribution in [2.45, 2.75) is 57.0 Å². The monoisotopic (exact) mass is 318 g/mol. The van der Waals surface area contributed by atoms with Gasteiger partial charge in [0.2, 0.25) is 5.16 Å². The first-order chi connectivity index (χ1) is 10.3. The molecule has 0 saturated heterocycles. The van der Waals surface area contributed by atoms with Crippen molar-refractivity contribution in [1.29, 1.82) is 0 Å². The molecule has 118 valence electrons. The Kier molecular flexibility index (Phi) is 5.01. The molecular weight excluding hydrogens is 296 g/mol. The van der Waals surface area contributed by atoms with Crippen molar-refractivity contribution in [1.82, 2.24) is 20.2 Å². The number of nitrogens with zero attached hydrogens (tertiary/aromatic N) is 4. The maximum absolute atomic E-state index is 12.5. The molecule has 0 spiro atoms. The Labute approximate surface area is 135 Å². The van der Waals surface area contributed by atoms with Crippen molar-refractivity contribution < 1.29 is 4.79 Å². The molecule has 2 aromatic rings. The maximum Gasteiger partial charge on any atom is 0.210 e. The number of tetrazole rings is 1. The Morgan fingerprint density at radius 2 is 1.91 bits per heavy atom. The van der Waals surface area contributed by atoms with Crippen LogP contribution in [0.3, 0.4) is 0 Å². The number of hydrogen-bond acceptors (Lipinski definition) is 5. The van der Waals surface area contributed by atoms with Gasteiger partial charge in [0, 0.05) is 5.56 Å². The van der Waals surface area contributed by atoms with Gasteiger partial charge in [-0.2, -0.15) is 0 Å². The molecule has 0 saturated carbocycles. The molecular formula is C16H22N4OS. The van der Waals surface area contributed by atoms with Crippen LogP contribution in [0.4, 0.5) is 0 Å². The van der Waals surface area contributed by atoms with Crippen LogP contribution in [0.5, 0.6) is 0 Å². The van der Waals surface area contributed by atoms with Gasteiger partial charge in [-0.25, -0.2) is 4.68 Å². The molecule has 0 bridgehead atoms. The van der Waals surface area contributed by atoms with Crippen LogP contribution in [0.2, 0.25) is 0 Å². The van der Waals surface area contributed by atoms with Gasteiger partial charge in [-0.1, -0.05) is 43.0 Å². The number of Topliss-reactive ketones (excluding diaryl/α,β-unsaturated/α-hetero) is 1. The van der Waals surface area contributed by atoms with E-state index in [-0.39, 0.29) is 16.6 Å². The van der Waals surface area contributed by atoms with E-state index in [2.05, 4.69) is 22.4 Å². The van der Waals surface area contributed by atoms with Crippen LogP contribution in [0.15, 0.2) is 29.4 Å². The summed E-state index contributed by atoms with van der Waals surface area (Å²) in [6.07, 6.45) is 0.971. The van der Waals surface area contributed by atoms with Crippen LogP contribution in [-0.4, -0.2) is 31.2 Å². The molecule has 1 aromatic carbocycles. The lowest BCUT2D eigenvalue weighted by Crippen LogP contribution is -2.25. The van der Waals surface area contributed by atoms with Gasteiger partial charge >= 0.3 is 0 Å². The summed E-state index contributed by atoms with van der Waals surface area (Å²) < 4.78 is 1.75. The van der Waals surface area contributed by atoms with Crippen molar-refractivity contribution in [3.63, 3.8) is 0 Å². The van der Waals surface area contributed by atoms with Gasteiger partial charge in [-0.3, -0.25) is 4.79 Å². The summed E-state index contributed by atoms with van der Waals surface area (Å²) in [5.41, 5.74) is 1.75. The van der Waals surface area contributed by atoms with Crippen molar-refractivity contribution in [2.75, 3.05) is 0 Å². The average Bonchev–Trinajstić information content (AvgIpc) is 2.95. The third-order valence-corrected chi connectivity index (χ3v) is 4.41. The molecule has 6 heteroatoms. The van der Waals surface area contributed by atoms with Crippen molar-refractivity contribution >= 4 is 17.5 Å². The molecule has 1 heterocycles. The predicted octanol–water partition coefficient (Wildman–Crippen LogP) is 3.35. The predicted molar refractivity (Wildman–Crippen MR) is 88.3 cm³/mol. The quantitative estimate of drug-likeness (QED) is 0.625. The van der Waals surface area contributed by atoms with Crippen molar-refractivity contribution in [3.05, 3.63) is 35.4 Å². The summed E-state index contributed by atoms with van der Waals surface area (Å²) in [5.74, 6) is 0.0936. The molecule has 22 heavy (non-hydrogen) atoms. The molecule has 1 aromatic heterocycles. The maximum atomic E-state index is 12.5. The van der Waals surface area contributed by atoms with Gasteiger partial charge in [0.15, 0.2) is 5.78 Å². The molecule has 1 atom stereocenters. The molecule has 2 rings (SSSR count). The van der Waals surface area contributed by atoms with Crippen LogP contribution < -0.4 is 0 Å². The Balaban J connectivity index is 2.13. The Morgan fingerprint density at radius 1 is 1.27 bits per heavy atom. The highest BCUT2D eigenvalue weighted by Gasteiger charge is 2.24. The van der Waals surface area contributed by atoms with E-state index < -0.39 is 0 Å². The highest BCUT2D eigenvalue weighted by atomic mass is 32.2. The fourth-order valence-corrected chi connectivity index (χ4v) is 3.08. The topological polar surface area (TPSA) is 60.7 Å². The molecule has 0 N–H and O–H groups in total. The molecule has 0 radical (unpaired) electrons. The third-order valence-electron chi connectivity index (χ3n) is 3.37. The van der Waals surface area contributed by atoms with E-state index in [1.54, 1.807) is 4.68 Å². The van der Waals surface area contributed by atoms with Crippen molar-refractivity contribution in [3.8, 4) is 0 Å². The van der Waals surface area contributed by atoms with Crippen molar-refractivity contribution in [2.24, 2.45) is 0 Å². The zero-order valence-corrected chi connectivity index (χ0v) is 14.5. The van der Waals surface area contributed by atoms with Crippen LogP contribution >= 0.6 is 11.8 Å². The van der Waals surface area contributed by atoms with Gasteiger partial charge in [-0.15, -0.1) is 5.10 Å². The fourth-order valence-electron chi connectivity index (χ4n) is 2.02. The summed E-state index contributed by atoms with van der Waals surface area (Å²) in [5, 5.41) is 12.2. The molecule has 0 aliphatic carbocycles. The van der Waals surface area contributed by atoms with Crippen LogP contribution in [0.1, 0.15) is 50.5 Å². The molecule has 0 amide bonds. The number of hydrogen-bond donors (Lipinski definition) is 0. The molecule has 0 fully saturated rings. The van der Waals surface area contributed by atoms with Gasteiger partial charge in [0.1, 0.15) is 0 Å². The second kappa shape index (κ2) is 6.60.